The van der Waals surface area contributed by atoms with Crippen molar-refractivity contribution in [3.05, 3.63) is 42.1 Å². The van der Waals surface area contributed by atoms with Gasteiger partial charge in [-0.3, -0.25) is 13.9 Å². The number of aromatic nitrogens is 2. The lowest BCUT2D eigenvalue weighted by Crippen LogP contribution is -2.51. The lowest BCUT2D eigenvalue weighted by Gasteiger charge is -2.38. The van der Waals surface area contributed by atoms with Crippen LogP contribution in [0.25, 0.3) is 5.69 Å². The van der Waals surface area contributed by atoms with Gasteiger partial charge < -0.3 is 15.1 Å². The first kappa shape index (κ1) is 20.7. The summed E-state index contributed by atoms with van der Waals surface area (Å²) in [5.74, 6) is 2.27. The van der Waals surface area contributed by atoms with Crippen molar-refractivity contribution < 1.29 is 9.00 Å². The van der Waals surface area contributed by atoms with E-state index in [1.165, 1.54) is 0 Å². The Hall–Kier alpha value is -2.23. The highest BCUT2D eigenvalue weighted by molar-refractivity contribution is 7.85. The number of piperazine rings is 1. The van der Waals surface area contributed by atoms with Gasteiger partial charge in [0, 0.05) is 67.9 Å². The number of hydrogen-bond acceptors (Lipinski definition) is 6. The fourth-order valence-corrected chi connectivity index (χ4v) is 6.04. The Labute approximate surface area is 185 Å². The first-order valence-corrected chi connectivity index (χ1v) is 12.6. The molecule has 3 fully saturated rings. The molecule has 9 heteroatoms. The van der Waals surface area contributed by atoms with Crippen LogP contribution in [0, 0.1) is 6.92 Å². The topological polar surface area (TPSA) is 73.7 Å². The third kappa shape index (κ3) is 4.26. The zero-order chi connectivity index (χ0) is 21.4. The van der Waals surface area contributed by atoms with E-state index in [9.17, 15) is 9.00 Å². The van der Waals surface area contributed by atoms with Crippen molar-refractivity contribution in [1.29, 1.82) is 0 Å². The molecular formula is C22H30N6O2S. The van der Waals surface area contributed by atoms with E-state index in [0.717, 1.165) is 56.3 Å². The number of amides is 1. The summed E-state index contributed by atoms with van der Waals surface area (Å²) in [7, 11) is -0.869. The van der Waals surface area contributed by atoms with Crippen molar-refractivity contribution in [2.75, 3.05) is 55.8 Å². The molecule has 0 spiro atoms. The Morgan fingerprint density at radius 3 is 2.61 bits per heavy atom. The number of nitrogens with one attached hydrogen (secondary N) is 1. The highest BCUT2D eigenvalue weighted by Gasteiger charge is 2.37. The van der Waals surface area contributed by atoms with Crippen LogP contribution in [-0.4, -0.2) is 92.7 Å². The number of carbonyl (C=O) groups excluding carboxylic acids is 1. The molecular weight excluding hydrogens is 412 g/mol. The summed E-state index contributed by atoms with van der Waals surface area (Å²) in [6, 6.07) is 12.7. The molecule has 31 heavy (non-hydrogen) atoms. The molecule has 0 radical (unpaired) electrons. The fraction of sp³-hybridized carbons (Fsp3) is 0.545. The first-order chi connectivity index (χ1) is 15.1. The molecule has 1 N–H and O–H groups in total. The van der Waals surface area contributed by atoms with Crippen LogP contribution in [0.3, 0.4) is 0 Å². The van der Waals surface area contributed by atoms with Gasteiger partial charge >= 0.3 is 0 Å². The summed E-state index contributed by atoms with van der Waals surface area (Å²) >= 11 is 0. The van der Waals surface area contributed by atoms with Gasteiger partial charge in [-0.05, 0) is 25.5 Å². The van der Waals surface area contributed by atoms with Crippen LogP contribution >= 0.6 is 0 Å². The maximum Gasteiger partial charge on any atom is 0.240 e. The predicted octanol–water partition coefficient (Wildman–Crippen LogP) is 0.582. The number of anilines is 1. The summed E-state index contributed by atoms with van der Waals surface area (Å²) in [6.07, 6.45) is 0.836. The second-order valence-corrected chi connectivity index (χ2v) is 10.2. The number of carbonyl (C=O) groups is 1. The van der Waals surface area contributed by atoms with E-state index >= 15 is 0 Å². The molecule has 3 aliphatic rings. The third-order valence-electron chi connectivity index (χ3n) is 6.57. The van der Waals surface area contributed by atoms with E-state index in [1.54, 1.807) is 4.90 Å². The predicted molar refractivity (Wildman–Crippen MR) is 122 cm³/mol. The Bertz CT molecular complexity index is 956. The van der Waals surface area contributed by atoms with Gasteiger partial charge in [0.2, 0.25) is 5.91 Å². The summed E-state index contributed by atoms with van der Waals surface area (Å²) in [4.78, 5) is 19.4. The zero-order valence-electron chi connectivity index (χ0n) is 17.9. The van der Waals surface area contributed by atoms with Crippen molar-refractivity contribution in [2.45, 2.75) is 25.4 Å². The number of para-hydroxylation sites is 1. The van der Waals surface area contributed by atoms with Gasteiger partial charge in [0.05, 0.1) is 23.3 Å². The van der Waals surface area contributed by atoms with Crippen LogP contribution in [0.4, 0.5) is 5.82 Å². The minimum atomic E-state index is -0.869. The maximum absolute atomic E-state index is 12.7. The van der Waals surface area contributed by atoms with E-state index in [2.05, 4.69) is 33.3 Å². The molecule has 1 aromatic heterocycles. The lowest BCUT2D eigenvalue weighted by molar-refractivity contribution is -0.131. The van der Waals surface area contributed by atoms with Gasteiger partial charge in [-0.25, -0.2) is 4.68 Å². The van der Waals surface area contributed by atoms with Gasteiger partial charge in [-0.1, -0.05) is 18.2 Å². The molecule has 0 saturated carbocycles. The van der Waals surface area contributed by atoms with Gasteiger partial charge in [0.25, 0.3) is 0 Å². The molecule has 3 saturated heterocycles. The molecule has 3 unspecified atom stereocenters. The van der Waals surface area contributed by atoms with Crippen LogP contribution in [0.1, 0.15) is 12.1 Å². The van der Waals surface area contributed by atoms with Crippen LogP contribution in [0.15, 0.2) is 36.4 Å². The molecule has 166 valence electrons. The van der Waals surface area contributed by atoms with E-state index in [4.69, 9.17) is 5.10 Å². The molecule has 3 aliphatic heterocycles. The molecule has 1 aromatic carbocycles. The average molecular weight is 443 g/mol. The van der Waals surface area contributed by atoms with Crippen molar-refractivity contribution in [3.8, 4) is 5.69 Å². The van der Waals surface area contributed by atoms with E-state index < -0.39 is 10.8 Å². The van der Waals surface area contributed by atoms with Gasteiger partial charge in [0.1, 0.15) is 5.82 Å². The number of hydrogen-bond donors (Lipinski definition) is 1. The molecule has 5 rings (SSSR count). The molecule has 0 bridgehead atoms. The fourth-order valence-electron chi connectivity index (χ4n) is 4.88. The monoisotopic (exact) mass is 442 g/mol. The van der Waals surface area contributed by atoms with Crippen LogP contribution in [0.5, 0.6) is 0 Å². The normalized spacial score (nSPS) is 27.2. The number of rotatable bonds is 4. The van der Waals surface area contributed by atoms with E-state index in [-0.39, 0.29) is 11.9 Å². The maximum atomic E-state index is 12.7. The minimum absolute atomic E-state index is 0.120. The van der Waals surface area contributed by atoms with Crippen molar-refractivity contribution in [2.24, 2.45) is 0 Å². The summed E-state index contributed by atoms with van der Waals surface area (Å²) in [5, 5.41) is 8.13. The Balaban J connectivity index is 1.19. The largest absolute Gasteiger partial charge is 0.354 e. The molecule has 2 aromatic rings. The number of aryl methyl sites for hydroxylation is 1. The number of benzene rings is 1. The van der Waals surface area contributed by atoms with Crippen molar-refractivity contribution >= 4 is 22.5 Å². The van der Waals surface area contributed by atoms with Gasteiger partial charge in [-0.15, -0.1) is 0 Å². The average Bonchev–Trinajstić information content (AvgIpc) is 3.54. The molecule has 8 nitrogen and oxygen atoms in total. The summed E-state index contributed by atoms with van der Waals surface area (Å²) in [6.45, 7) is 7.34. The SMILES string of the molecule is Cc1cc(N2CCN(C3CNC(C(=O)N4CCS(=O)C4)C3)CC2)n(-c2ccccc2)n1. The Kier molecular flexibility index (Phi) is 5.81. The van der Waals surface area contributed by atoms with Crippen LogP contribution in [-0.2, 0) is 15.6 Å². The molecule has 0 aliphatic carbocycles. The van der Waals surface area contributed by atoms with E-state index in [0.29, 0.717) is 24.2 Å². The minimum Gasteiger partial charge on any atom is -0.354 e. The lowest BCUT2D eigenvalue weighted by atomic mass is 10.1. The standard InChI is InChI=1S/C22H30N6O2S/c1-17-13-21(28(24-17)18-5-3-2-4-6-18)26-9-7-25(8-10-26)19-14-20(23-15-19)22(29)27-11-12-31(30)16-27/h2-6,13,19-20,23H,7-12,14-16H2,1H3. The van der Waals surface area contributed by atoms with E-state index in [1.807, 2.05) is 29.8 Å². The second kappa shape index (κ2) is 8.72. The van der Waals surface area contributed by atoms with Crippen LogP contribution in [0.2, 0.25) is 0 Å². The Morgan fingerprint density at radius 2 is 1.90 bits per heavy atom. The molecule has 1 amide bonds. The highest BCUT2D eigenvalue weighted by atomic mass is 32.2. The van der Waals surface area contributed by atoms with Gasteiger partial charge in [0.15, 0.2) is 0 Å². The summed E-state index contributed by atoms with van der Waals surface area (Å²) < 4.78 is 13.7. The Morgan fingerprint density at radius 1 is 1.13 bits per heavy atom. The first-order valence-electron chi connectivity index (χ1n) is 11.1. The highest BCUT2D eigenvalue weighted by Crippen LogP contribution is 2.24. The van der Waals surface area contributed by atoms with Crippen LogP contribution < -0.4 is 10.2 Å². The quantitative estimate of drug-likeness (QED) is 0.747. The second-order valence-electron chi connectivity index (χ2n) is 8.64. The van der Waals surface area contributed by atoms with Gasteiger partial charge in [-0.2, -0.15) is 5.10 Å². The molecule has 3 atom stereocenters. The zero-order valence-corrected chi connectivity index (χ0v) is 18.8. The van der Waals surface area contributed by atoms with Crippen molar-refractivity contribution in [3.63, 3.8) is 0 Å². The summed E-state index contributed by atoms with van der Waals surface area (Å²) in [5.41, 5.74) is 2.10. The van der Waals surface area contributed by atoms with Crippen molar-refractivity contribution in [1.82, 2.24) is 24.9 Å². The smallest absolute Gasteiger partial charge is 0.240 e. The molecule has 4 heterocycles. The third-order valence-corrected chi connectivity index (χ3v) is 7.81. The number of nitrogens with zero attached hydrogens (tertiary/aromatic N) is 5.